The van der Waals surface area contributed by atoms with Gasteiger partial charge in [0.15, 0.2) is 0 Å². The van der Waals surface area contributed by atoms with Gasteiger partial charge in [-0.2, -0.15) is 0 Å². The molecule has 0 aromatic carbocycles. The standard InChI is InChI=1S/C13H28N2O2/c1-4-6-13(7-5-8-15-13)11-14-9-12(17-3)10-16-2/h12,14-15H,4-11H2,1-3H3. The Bertz CT molecular complexity index is 194. The zero-order chi connectivity index (χ0) is 12.6. The highest BCUT2D eigenvalue weighted by molar-refractivity contribution is 4.94. The van der Waals surface area contributed by atoms with E-state index >= 15 is 0 Å². The lowest BCUT2D eigenvalue weighted by molar-refractivity contribution is 0.0280. The topological polar surface area (TPSA) is 42.5 Å². The molecule has 0 aromatic rings. The Hall–Kier alpha value is -0.160. The van der Waals surface area contributed by atoms with Gasteiger partial charge in [0, 0.05) is 32.8 Å². The zero-order valence-electron chi connectivity index (χ0n) is 11.6. The van der Waals surface area contributed by atoms with Gasteiger partial charge < -0.3 is 20.1 Å². The van der Waals surface area contributed by atoms with E-state index in [1.165, 1.54) is 25.7 Å². The van der Waals surface area contributed by atoms with Gasteiger partial charge in [0.2, 0.25) is 0 Å². The van der Waals surface area contributed by atoms with E-state index in [1.54, 1.807) is 14.2 Å². The fourth-order valence-electron chi connectivity index (χ4n) is 2.67. The molecule has 1 aliphatic rings. The van der Waals surface area contributed by atoms with Crippen LogP contribution in [-0.2, 0) is 9.47 Å². The Kier molecular flexibility index (Phi) is 7.04. The molecule has 0 amide bonds. The molecule has 0 saturated carbocycles. The van der Waals surface area contributed by atoms with Crippen LogP contribution in [0.15, 0.2) is 0 Å². The van der Waals surface area contributed by atoms with Crippen LogP contribution in [0.25, 0.3) is 0 Å². The number of ether oxygens (including phenoxy) is 2. The van der Waals surface area contributed by atoms with Gasteiger partial charge in [-0.3, -0.25) is 0 Å². The van der Waals surface area contributed by atoms with Gasteiger partial charge in [-0.1, -0.05) is 13.3 Å². The average Bonchev–Trinajstić information content (AvgIpc) is 2.77. The molecule has 102 valence electrons. The molecule has 1 aliphatic heterocycles. The largest absolute Gasteiger partial charge is 0.382 e. The summed E-state index contributed by atoms with van der Waals surface area (Å²) in [5.74, 6) is 0. The molecular weight excluding hydrogens is 216 g/mol. The maximum absolute atomic E-state index is 5.34. The second kappa shape index (κ2) is 8.03. The van der Waals surface area contributed by atoms with Crippen LogP contribution < -0.4 is 10.6 Å². The first-order valence-corrected chi connectivity index (χ1v) is 6.74. The third-order valence-electron chi connectivity index (χ3n) is 3.58. The van der Waals surface area contributed by atoms with Gasteiger partial charge in [-0.05, 0) is 25.8 Å². The maximum atomic E-state index is 5.34. The molecule has 0 radical (unpaired) electrons. The highest BCUT2D eigenvalue weighted by Crippen LogP contribution is 2.23. The van der Waals surface area contributed by atoms with Crippen molar-refractivity contribution in [3.8, 4) is 0 Å². The fourth-order valence-corrected chi connectivity index (χ4v) is 2.67. The van der Waals surface area contributed by atoms with E-state index in [4.69, 9.17) is 9.47 Å². The molecule has 4 heteroatoms. The first-order valence-electron chi connectivity index (χ1n) is 6.74. The average molecular weight is 244 g/mol. The molecule has 0 spiro atoms. The summed E-state index contributed by atoms with van der Waals surface area (Å²) in [6.45, 7) is 5.96. The van der Waals surface area contributed by atoms with Gasteiger partial charge in [-0.25, -0.2) is 0 Å². The van der Waals surface area contributed by atoms with Crippen molar-refractivity contribution in [2.75, 3.05) is 40.5 Å². The van der Waals surface area contributed by atoms with Gasteiger partial charge in [0.05, 0.1) is 12.7 Å². The van der Waals surface area contributed by atoms with E-state index in [-0.39, 0.29) is 6.10 Å². The third-order valence-corrected chi connectivity index (χ3v) is 3.58. The number of hydrogen-bond donors (Lipinski definition) is 2. The predicted octanol–water partition coefficient (Wildman–Crippen LogP) is 1.16. The first kappa shape index (κ1) is 14.9. The number of methoxy groups -OCH3 is 2. The minimum atomic E-state index is 0.153. The predicted molar refractivity (Wildman–Crippen MR) is 70.4 cm³/mol. The van der Waals surface area contributed by atoms with E-state index in [1.807, 2.05) is 0 Å². The second-order valence-corrected chi connectivity index (χ2v) is 5.00. The van der Waals surface area contributed by atoms with E-state index in [9.17, 15) is 0 Å². The monoisotopic (exact) mass is 244 g/mol. The SMILES string of the molecule is CCCC1(CNCC(COC)OC)CCCN1. The van der Waals surface area contributed by atoms with Gasteiger partial charge in [0.1, 0.15) is 0 Å². The Morgan fingerprint density at radius 1 is 1.41 bits per heavy atom. The summed E-state index contributed by atoms with van der Waals surface area (Å²) in [4.78, 5) is 0. The molecule has 1 rings (SSSR count). The lowest BCUT2D eigenvalue weighted by Gasteiger charge is -2.30. The van der Waals surface area contributed by atoms with Crippen LogP contribution in [-0.4, -0.2) is 52.1 Å². The molecule has 0 aromatic heterocycles. The number of nitrogens with one attached hydrogen (secondary N) is 2. The molecule has 2 N–H and O–H groups in total. The molecule has 17 heavy (non-hydrogen) atoms. The molecule has 1 saturated heterocycles. The fraction of sp³-hybridized carbons (Fsp3) is 1.00. The third kappa shape index (κ3) is 4.92. The smallest absolute Gasteiger partial charge is 0.0928 e. The van der Waals surface area contributed by atoms with Gasteiger partial charge in [0.25, 0.3) is 0 Å². The van der Waals surface area contributed by atoms with Crippen molar-refractivity contribution in [3.63, 3.8) is 0 Å². The van der Waals surface area contributed by atoms with E-state index in [2.05, 4.69) is 17.6 Å². The number of rotatable bonds is 9. The first-order chi connectivity index (χ1) is 8.26. The molecule has 0 aliphatic carbocycles. The molecule has 2 atom stereocenters. The minimum Gasteiger partial charge on any atom is -0.382 e. The van der Waals surface area contributed by atoms with Crippen molar-refractivity contribution < 1.29 is 9.47 Å². The Morgan fingerprint density at radius 3 is 2.76 bits per heavy atom. The summed E-state index contributed by atoms with van der Waals surface area (Å²) in [5, 5.41) is 7.18. The van der Waals surface area contributed by atoms with Crippen molar-refractivity contribution in [1.82, 2.24) is 10.6 Å². The zero-order valence-corrected chi connectivity index (χ0v) is 11.6. The summed E-state index contributed by atoms with van der Waals surface area (Å²) >= 11 is 0. The summed E-state index contributed by atoms with van der Waals surface area (Å²) in [7, 11) is 3.45. The molecular formula is C13H28N2O2. The van der Waals surface area contributed by atoms with Crippen LogP contribution in [0.5, 0.6) is 0 Å². The van der Waals surface area contributed by atoms with Crippen molar-refractivity contribution >= 4 is 0 Å². The van der Waals surface area contributed by atoms with Crippen LogP contribution in [0.2, 0.25) is 0 Å². The Morgan fingerprint density at radius 2 is 2.24 bits per heavy atom. The second-order valence-electron chi connectivity index (χ2n) is 5.00. The molecule has 4 nitrogen and oxygen atoms in total. The van der Waals surface area contributed by atoms with Crippen molar-refractivity contribution in [3.05, 3.63) is 0 Å². The van der Waals surface area contributed by atoms with E-state index < -0.39 is 0 Å². The summed E-state index contributed by atoms with van der Waals surface area (Å²) in [6, 6.07) is 0. The highest BCUT2D eigenvalue weighted by Gasteiger charge is 2.31. The Labute approximate surface area is 105 Å². The van der Waals surface area contributed by atoms with Gasteiger partial charge in [-0.15, -0.1) is 0 Å². The summed E-state index contributed by atoms with van der Waals surface area (Å²) < 4.78 is 10.4. The highest BCUT2D eigenvalue weighted by atomic mass is 16.5. The van der Waals surface area contributed by atoms with Crippen LogP contribution in [0, 0.1) is 0 Å². The maximum Gasteiger partial charge on any atom is 0.0928 e. The van der Waals surface area contributed by atoms with E-state index in [0.717, 1.165) is 19.6 Å². The van der Waals surface area contributed by atoms with Crippen molar-refractivity contribution in [1.29, 1.82) is 0 Å². The normalized spacial score (nSPS) is 26.3. The van der Waals surface area contributed by atoms with Crippen LogP contribution in [0.3, 0.4) is 0 Å². The van der Waals surface area contributed by atoms with Gasteiger partial charge >= 0.3 is 0 Å². The molecule has 1 fully saturated rings. The quantitative estimate of drug-likeness (QED) is 0.639. The lowest BCUT2D eigenvalue weighted by atomic mass is 9.92. The van der Waals surface area contributed by atoms with Crippen molar-refractivity contribution in [2.24, 2.45) is 0 Å². The molecule has 1 heterocycles. The van der Waals surface area contributed by atoms with Crippen LogP contribution in [0.4, 0.5) is 0 Å². The van der Waals surface area contributed by atoms with Crippen molar-refractivity contribution in [2.45, 2.75) is 44.2 Å². The lowest BCUT2D eigenvalue weighted by Crippen LogP contribution is -2.50. The van der Waals surface area contributed by atoms with Crippen LogP contribution >= 0.6 is 0 Å². The summed E-state index contributed by atoms with van der Waals surface area (Å²) in [6.07, 6.45) is 5.23. The molecule has 2 unspecified atom stereocenters. The van der Waals surface area contributed by atoms with Crippen LogP contribution in [0.1, 0.15) is 32.6 Å². The van der Waals surface area contributed by atoms with E-state index in [0.29, 0.717) is 12.1 Å². The summed E-state index contributed by atoms with van der Waals surface area (Å²) in [5.41, 5.74) is 0.320. The number of hydrogen-bond acceptors (Lipinski definition) is 4. The minimum absolute atomic E-state index is 0.153. The molecule has 0 bridgehead atoms. The Balaban J connectivity index is 2.26.